The molecule has 0 aromatic carbocycles. The average Bonchev–Trinajstić information content (AvgIpc) is 2.39. The van der Waals surface area contributed by atoms with Gasteiger partial charge >= 0.3 is 0 Å². The Hall–Kier alpha value is -0.610. The van der Waals surface area contributed by atoms with Crippen molar-refractivity contribution in [1.82, 2.24) is 15.1 Å². The van der Waals surface area contributed by atoms with Crippen molar-refractivity contribution in [1.29, 1.82) is 0 Å². The SMILES string of the molecule is CCN(CC)C(=O)CN1CCCCC1CCNC. The van der Waals surface area contributed by atoms with E-state index in [0.717, 1.165) is 32.6 Å². The number of nitrogens with one attached hydrogen (secondary N) is 1. The third kappa shape index (κ3) is 4.58. The maximum absolute atomic E-state index is 12.2. The highest BCUT2D eigenvalue weighted by atomic mass is 16.2. The number of rotatable bonds is 7. The van der Waals surface area contributed by atoms with E-state index in [9.17, 15) is 4.79 Å². The minimum absolute atomic E-state index is 0.288. The third-order valence-electron chi connectivity index (χ3n) is 3.93. The summed E-state index contributed by atoms with van der Waals surface area (Å²) < 4.78 is 0. The van der Waals surface area contributed by atoms with E-state index in [4.69, 9.17) is 0 Å². The van der Waals surface area contributed by atoms with Gasteiger partial charge in [-0.05, 0) is 53.2 Å². The fraction of sp³-hybridized carbons (Fsp3) is 0.929. The first kappa shape index (κ1) is 15.4. The molecule has 0 aromatic heterocycles. The van der Waals surface area contributed by atoms with E-state index in [1.165, 1.54) is 19.3 Å². The summed E-state index contributed by atoms with van der Waals surface area (Å²) in [5, 5.41) is 3.21. The number of hydrogen-bond acceptors (Lipinski definition) is 3. The summed E-state index contributed by atoms with van der Waals surface area (Å²) in [7, 11) is 1.99. The summed E-state index contributed by atoms with van der Waals surface area (Å²) in [4.78, 5) is 16.5. The highest BCUT2D eigenvalue weighted by Gasteiger charge is 2.24. The fourth-order valence-corrected chi connectivity index (χ4v) is 2.76. The zero-order valence-corrected chi connectivity index (χ0v) is 12.2. The van der Waals surface area contributed by atoms with Gasteiger partial charge in [0.1, 0.15) is 0 Å². The lowest BCUT2D eigenvalue weighted by Crippen LogP contribution is -2.47. The minimum Gasteiger partial charge on any atom is -0.342 e. The summed E-state index contributed by atoms with van der Waals surface area (Å²) in [6.07, 6.45) is 4.95. The second kappa shape index (κ2) is 8.48. The van der Waals surface area contributed by atoms with Crippen LogP contribution in [0.2, 0.25) is 0 Å². The molecule has 1 amide bonds. The smallest absolute Gasteiger partial charge is 0.236 e. The third-order valence-corrected chi connectivity index (χ3v) is 3.93. The van der Waals surface area contributed by atoms with Crippen LogP contribution >= 0.6 is 0 Å². The van der Waals surface area contributed by atoms with Crippen LogP contribution in [0.15, 0.2) is 0 Å². The second-order valence-electron chi connectivity index (χ2n) is 5.08. The van der Waals surface area contributed by atoms with E-state index in [2.05, 4.69) is 24.1 Å². The van der Waals surface area contributed by atoms with Crippen molar-refractivity contribution >= 4 is 5.91 Å². The van der Waals surface area contributed by atoms with Gasteiger partial charge in [-0.3, -0.25) is 9.69 Å². The number of carbonyl (C=O) groups excluding carboxylic acids is 1. The molecule has 1 atom stereocenters. The van der Waals surface area contributed by atoms with Crippen LogP contribution in [0.4, 0.5) is 0 Å². The normalized spacial score (nSPS) is 20.9. The monoisotopic (exact) mass is 255 g/mol. The molecule has 106 valence electrons. The number of likely N-dealkylation sites (tertiary alicyclic amines) is 1. The molecule has 4 heteroatoms. The molecule has 0 saturated carbocycles. The number of amides is 1. The van der Waals surface area contributed by atoms with E-state index >= 15 is 0 Å². The highest BCUT2D eigenvalue weighted by Crippen LogP contribution is 2.19. The maximum atomic E-state index is 12.2. The molecule has 1 heterocycles. The van der Waals surface area contributed by atoms with Gasteiger partial charge in [-0.25, -0.2) is 0 Å². The van der Waals surface area contributed by atoms with E-state index < -0.39 is 0 Å². The molecule has 4 nitrogen and oxygen atoms in total. The van der Waals surface area contributed by atoms with Crippen LogP contribution in [-0.2, 0) is 4.79 Å². The van der Waals surface area contributed by atoms with Gasteiger partial charge < -0.3 is 10.2 Å². The summed E-state index contributed by atoms with van der Waals surface area (Å²) in [6, 6.07) is 0.589. The molecule has 1 fully saturated rings. The number of piperidine rings is 1. The number of nitrogens with zero attached hydrogens (tertiary/aromatic N) is 2. The van der Waals surface area contributed by atoms with Gasteiger partial charge in [0.05, 0.1) is 6.54 Å². The maximum Gasteiger partial charge on any atom is 0.236 e. The largest absolute Gasteiger partial charge is 0.342 e. The Morgan fingerprint density at radius 1 is 1.33 bits per heavy atom. The Balaban J connectivity index is 2.47. The number of hydrogen-bond donors (Lipinski definition) is 1. The van der Waals surface area contributed by atoms with Crippen molar-refractivity contribution in [2.75, 3.05) is 39.8 Å². The van der Waals surface area contributed by atoms with Gasteiger partial charge in [0.25, 0.3) is 0 Å². The molecule has 0 radical (unpaired) electrons. The van der Waals surface area contributed by atoms with Gasteiger partial charge in [0.2, 0.25) is 5.91 Å². The van der Waals surface area contributed by atoms with Crippen molar-refractivity contribution in [3.8, 4) is 0 Å². The van der Waals surface area contributed by atoms with Gasteiger partial charge in [-0.1, -0.05) is 6.42 Å². The predicted molar refractivity (Wildman–Crippen MR) is 75.7 cm³/mol. The van der Waals surface area contributed by atoms with Crippen LogP contribution in [0.1, 0.15) is 39.5 Å². The first-order valence-electron chi connectivity index (χ1n) is 7.39. The molecule has 0 bridgehead atoms. The minimum atomic E-state index is 0.288. The summed E-state index contributed by atoms with van der Waals surface area (Å²) in [5.41, 5.74) is 0. The predicted octanol–water partition coefficient (Wildman–Crippen LogP) is 1.32. The van der Waals surface area contributed by atoms with Crippen molar-refractivity contribution in [3.63, 3.8) is 0 Å². The molecular formula is C14H29N3O. The van der Waals surface area contributed by atoms with Gasteiger partial charge in [0, 0.05) is 19.1 Å². The molecular weight excluding hydrogens is 226 g/mol. The lowest BCUT2D eigenvalue weighted by atomic mass is 9.99. The first-order valence-corrected chi connectivity index (χ1v) is 7.39. The lowest BCUT2D eigenvalue weighted by molar-refractivity contribution is -0.133. The zero-order valence-electron chi connectivity index (χ0n) is 12.2. The van der Waals surface area contributed by atoms with Gasteiger partial charge in [-0.15, -0.1) is 0 Å². The Kier molecular flexibility index (Phi) is 7.28. The zero-order chi connectivity index (χ0) is 13.4. The molecule has 0 aliphatic carbocycles. The van der Waals surface area contributed by atoms with Crippen LogP contribution in [0.3, 0.4) is 0 Å². The second-order valence-corrected chi connectivity index (χ2v) is 5.08. The Morgan fingerprint density at radius 2 is 2.06 bits per heavy atom. The van der Waals surface area contributed by atoms with Gasteiger partial charge in [0.15, 0.2) is 0 Å². The molecule has 1 aliphatic heterocycles. The summed E-state index contributed by atoms with van der Waals surface area (Å²) >= 11 is 0. The molecule has 1 N–H and O–H groups in total. The van der Waals surface area contributed by atoms with Gasteiger partial charge in [-0.2, -0.15) is 0 Å². The van der Waals surface area contributed by atoms with E-state index in [0.29, 0.717) is 12.6 Å². The lowest BCUT2D eigenvalue weighted by Gasteiger charge is -2.36. The summed E-state index contributed by atoms with van der Waals surface area (Å²) in [6.45, 7) is 8.49. The molecule has 1 rings (SSSR count). The molecule has 1 saturated heterocycles. The van der Waals surface area contributed by atoms with Crippen LogP contribution in [0.25, 0.3) is 0 Å². The topological polar surface area (TPSA) is 35.6 Å². The van der Waals surface area contributed by atoms with Crippen LogP contribution in [-0.4, -0.2) is 61.5 Å². The Morgan fingerprint density at radius 3 is 2.67 bits per heavy atom. The summed E-state index contributed by atoms with van der Waals surface area (Å²) in [5.74, 6) is 0.288. The quantitative estimate of drug-likeness (QED) is 0.745. The fourth-order valence-electron chi connectivity index (χ4n) is 2.76. The van der Waals surface area contributed by atoms with Crippen molar-refractivity contribution < 1.29 is 4.79 Å². The van der Waals surface area contributed by atoms with Crippen molar-refractivity contribution in [3.05, 3.63) is 0 Å². The molecule has 1 unspecified atom stereocenters. The van der Waals surface area contributed by atoms with Crippen LogP contribution in [0.5, 0.6) is 0 Å². The molecule has 1 aliphatic rings. The number of likely N-dealkylation sites (N-methyl/N-ethyl adjacent to an activating group) is 1. The molecule has 0 spiro atoms. The van der Waals surface area contributed by atoms with E-state index in [1.54, 1.807) is 0 Å². The van der Waals surface area contributed by atoms with Crippen molar-refractivity contribution in [2.45, 2.75) is 45.6 Å². The highest BCUT2D eigenvalue weighted by molar-refractivity contribution is 5.78. The Bertz CT molecular complexity index is 241. The standard InChI is InChI=1S/C14H29N3O/c1-4-16(5-2)14(18)12-17-11-7-6-8-13(17)9-10-15-3/h13,15H,4-12H2,1-3H3. The van der Waals surface area contributed by atoms with E-state index in [1.807, 2.05) is 11.9 Å². The average molecular weight is 255 g/mol. The van der Waals surface area contributed by atoms with E-state index in [-0.39, 0.29) is 5.91 Å². The molecule has 0 aromatic rings. The van der Waals surface area contributed by atoms with Crippen LogP contribution in [0, 0.1) is 0 Å². The number of carbonyl (C=O) groups is 1. The Labute approximate surface area is 112 Å². The molecule has 18 heavy (non-hydrogen) atoms. The van der Waals surface area contributed by atoms with Crippen LogP contribution < -0.4 is 5.32 Å². The van der Waals surface area contributed by atoms with Crippen molar-refractivity contribution in [2.24, 2.45) is 0 Å². The first-order chi connectivity index (χ1) is 8.72.